The summed E-state index contributed by atoms with van der Waals surface area (Å²) in [6, 6.07) is 6.05. The fourth-order valence-corrected chi connectivity index (χ4v) is 2.29. The van der Waals surface area contributed by atoms with Crippen LogP contribution in [0.15, 0.2) is 36.1 Å². The largest absolute Gasteiger partial charge is 0.325 e. The number of nitrogens with two attached hydrogens (primary N) is 1. The monoisotopic (exact) mass is 230 g/mol. The molecule has 0 saturated heterocycles. The van der Waals surface area contributed by atoms with Gasteiger partial charge in [0.15, 0.2) is 0 Å². The Hall–Kier alpha value is -1.72. The molecule has 3 aromatic heterocycles. The van der Waals surface area contributed by atoms with E-state index in [4.69, 9.17) is 5.73 Å². The molecule has 3 aromatic rings. The van der Waals surface area contributed by atoms with Crippen LogP contribution >= 0.6 is 11.3 Å². The van der Waals surface area contributed by atoms with E-state index in [2.05, 4.69) is 16.0 Å². The quantitative estimate of drug-likeness (QED) is 0.731. The molecule has 0 atom stereocenters. The second-order valence-corrected chi connectivity index (χ2v) is 4.40. The van der Waals surface area contributed by atoms with Crippen molar-refractivity contribution in [3.8, 4) is 10.6 Å². The highest BCUT2D eigenvalue weighted by Gasteiger charge is 2.04. The first-order chi connectivity index (χ1) is 7.86. The van der Waals surface area contributed by atoms with Crippen molar-refractivity contribution < 1.29 is 0 Å². The van der Waals surface area contributed by atoms with Gasteiger partial charge in [0.1, 0.15) is 12.0 Å². The molecule has 0 radical (unpaired) electrons. The van der Waals surface area contributed by atoms with Gasteiger partial charge in [-0.25, -0.2) is 9.97 Å². The van der Waals surface area contributed by atoms with E-state index in [1.807, 2.05) is 28.1 Å². The van der Waals surface area contributed by atoms with Crippen molar-refractivity contribution in [3.05, 3.63) is 41.8 Å². The van der Waals surface area contributed by atoms with Gasteiger partial charge in [-0.3, -0.25) is 4.40 Å². The highest BCUT2D eigenvalue weighted by atomic mass is 32.1. The lowest BCUT2D eigenvalue weighted by atomic mass is 10.3. The van der Waals surface area contributed by atoms with Crippen LogP contribution in [-0.2, 0) is 6.54 Å². The molecule has 0 aliphatic heterocycles. The van der Waals surface area contributed by atoms with Gasteiger partial charge < -0.3 is 5.73 Å². The van der Waals surface area contributed by atoms with Crippen molar-refractivity contribution in [1.29, 1.82) is 0 Å². The predicted molar refractivity (Wildman–Crippen MR) is 64.2 cm³/mol. The van der Waals surface area contributed by atoms with Crippen LogP contribution in [0.1, 0.15) is 5.69 Å². The Morgan fingerprint density at radius 1 is 1.44 bits per heavy atom. The van der Waals surface area contributed by atoms with Gasteiger partial charge in [0, 0.05) is 18.8 Å². The maximum Gasteiger partial charge on any atom is 0.140 e. The first-order valence-electron chi connectivity index (χ1n) is 4.94. The Morgan fingerprint density at radius 2 is 2.38 bits per heavy atom. The van der Waals surface area contributed by atoms with Crippen molar-refractivity contribution in [2.75, 3.05) is 0 Å². The number of aromatic nitrogens is 3. The van der Waals surface area contributed by atoms with Crippen LogP contribution < -0.4 is 5.73 Å². The van der Waals surface area contributed by atoms with Gasteiger partial charge in [0.05, 0.1) is 16.3 Å². The molecular formula is C11H10N4S. The smallest absolute Gasteiger partial charge is 0.140 e. The molecule has 3 rings (SSSR count). The molecule has 80 valence electrons. The second-order valence-electron chi connectivity index (χ2n) is 3.45. The molecule has 16 heavy (non-hydrogen) atoms. The molecule has 0 aromatic carbocycles. The molecule has 0 aliphatic rings. The molecule has 0 aliphatic carbocycles. The minimum Gasteiger partial charge on any atom is -0.325 e. The molecule has 0 unspecified atom stereocenters. The van der Waals surface area contributed by atoms with Crippen LogP contribution in [0.4, 0.5) is 0 Å². The molecule has 5 heteroatoms. The van der Waals surface area contributed by atoms with Gasteiger partial charge in [-0.2, -0.15) is 0 Å². The summed E-state index contributed by atoms with van der Waals surface area (Å²) in [4.78, 5) is 9.95. The number of hydrogen-bond donors (Lipinski definition) is 1. The molecule has 3 heterocycles. The average molecular weight is 230 g/mol. The number of nitrogens with zero attached hydrogens (tertiary/aromatic N) is 3. The summed E-state index contributed by atoms with van der Waals surface area (Å²) in [7, 11) is 0. The third-order valence-corrected chi connectivity index (χ3v) is 3.27. The van der Waals surface area contributed by atoms with E-state index in [0.717, 1.165) is 21.9 Å². The fourth-order valence-electron chi connectivity index (χ4n) is 1.60. The van der Waals surface area contributed by atoms with Gasteiger partial charge in [0.25, 0.3) is 0 Å². The van der Waals surface area contributed by atoms with Crippen LogP contribution in [0.5, 0.6) is 0 Å². The summed E-state index contributed by atoms with van der Waals surface area (Å²) in [6.45, 7) is 0.454. The second kappa shape index (κ2) is 3.70. The Labute approximate surface area is 96.4 Å². The standard InChI is InChI=1S/C11H10N4S/c12-5-8-6-15-7-13-9(4-11(15)14-8)10-2-1-3-16-10/h1-4,6-7H,5,12H2. The van der Waals surface area contributed by atoms with E-state index in [9.17, 15) is 0 Å². The minimum atomic E-state index is 0.454. The molecular weight excluding hydrogens is 220 g/mol. The maximum absolute atomic E-state index is 5.55. The van der Waals surface area contributed by atoms with Gasteiger partial charge in [-0.05, 0) is 11.4 Å². The maximum atomic E-state index is 5.55. The van der Waals surface area contributed by atoms with Gasteiger partial charge in [0.2, 0.25) is 0 Å². The lowest BCUT2D eigenvalue weighted by molar-refractivity contribution is 1.01. The highest BCUT2D eigenvalue weighted by molar-refractivity contribution is 7.13. The van der Waals surface area contributed by atoms with Gasteiger partial charge >= 0.3 is 0 Å². The van der Waals surface area contributed by atoms with E-state index < -0.39 is 0 Å². The summed E-state index contributed by atoms with van der Waals surface area (Å²) in [5.41, 5.74) is 8.27. The SMILES string of the molecule is NCc1cn2cnc(-c3cccs3)cc2n1. The van der Waals surface area contributed by atoms with E-state index in [1.54, 1.807) is 17.7 Å². The van der Waals surface area contributed by atoms with Gasteiger partial charge in [-0.15, -0.1) is 11.3 Å². The summed E-state index contributed by atoms with van der Waals surface area (Å²) in [5.74, 6) is 0. The molecule has 0 bridgehead atoms. The summed E-state index contributed by atoms with van der Waals surface area (Å²) in [5, 5.41) is 2.04. The van der Waals surface area contributed by atoms with Crippen molar-refractivity contribution >= 4 is 17.0 Å². The number of rotatable bonds is 2. The number of hydrogen-bond acceptors (Lipinski definition) is 4. The van der Waals surface area contributed by atoms with E-state index >= 15 is 0 Å². The van der Waals surface area contributed by atoms with E-state index in [-0.39, 0.29) is 0 Å². The third kappa shape index (κ3) is 1.50. The van der Waals surface area contributed by atoms with E-state index in [1.165, 1.54) is 0 Å². The molecule has 4 nitrogen and oxygen atoms in total. The summed E-state index contributed by atoms with van der Waals surface area (Å²) >= 11 is 1.67. The normalized spacial score (nSPS) is 11.1. The zero-order chi connectivity index (χ0) is 11.0. The van der Waals surface area contributed by atoms with Crippen LogP contribution in [0, 0.1) is 0 Å². The zero-order valence-corrected chi connectivity index (χ0v) is 9.31. The highest BCUT2D eigenvalue weighted by Crippen LogP contribution is 2.23. The van der Waals surface area contributed by atoms with Crippen molar-refractivity contribution in [2.24, 2.45) is 5.73 Å². The summed E-state index contributed by atoms with van der Waals surface area (Å²) in [6.07, 6.45) is 3.68. The van der Waals surface area contributed by atoms with Gasteiger partial charge in [-0.1, -0.05) is 6.07 Å². The zero-order valence-electron chi connectivity index (χ0n) is 8.50. The Bertz CT molecular complexity index is 612. The van der Waals surface area contributed by atoms with Crippen molar-refractivity contribution in [2.45, 2.75) is 6.54 Å². The molecule has 2 N–H and O–H groups in total. The Kier molecular flexibility index (Phi) is 2.19. The number of thiophene rings is 1. The van der Waals surface area contributed by atoms with Crippen LogP contribution in [0.3, 0.4) is 0 Å². The number of fused-ring (bicyclic) bond motifs is 1. The Balaban J connectivity index is 2.15. The first-order valence-corrected chi connectivity index (χ1v) is 5.82. The van der Waals surface area contributed by atoms with Crippen LogP contribution in [-0.4, -0.2) is 14.4 Å². The predicted octanol–water partition coefficient (Wildman–Crippen LogP) is 1.92. The van der Waals surface area contributed by atoms with Crippen LogP contribution in [0.25, 0.3) is 16.2 Å². The fraction of sp³-hybridized carbons (Fsp3) is 0.0909. The lowest BCUT2D eigenvalue weighted by Crippen LogP contribution is -1.95. The minimum absolute atomic E-state index is 0.454. The molecule has 0 spiro atoms. The topological polar surface area (TPSA) is 56.2 Å². The third-order valence-electron chi connectivity index (χ3n) is 2.38. The molecule has 0 fully saturated rings. The summed E-state index contributed by atoms with van der Waals surface area (Å²) < 4.78 is 1.89. The average Bonchev–Trinajstić information content (AvgIpc) is 2.96. The van der Waals surface area contributed by atoms with Crippen molar-refractivity contribution in [1.82, 2.24) is 14.4 Å². The molecule has 0 saturated carbocycles. The first kappa shape index (κ1) is 9.50. The van der Waals surface area contributed by atoms with Crippen LogP contribution in [0.2, 0.25) is 0 Å². The van der Waals surface area contributed by atoms with Crippen molar-refractivity contribution in [3.63, 3.8) is 0 Å². The molecule has 0 amide bonds. The lowest BCUT2D eigenvalue weighted by Gasteiger charge is -1.96. The van der Waals surface area contributed by atoms with E-state index in [0.29, 0.717) is 6.54 Å². The Morgan fingerprint density at radius 3 is 3.12 bits per heavy atom. The number of imidazole rings is 1.